The van der Waals surface area contributed by atoms with Gasteiger partial charge in [-0.25, -0.2) is 4.79 Å². The molecule has 2 heteroatoms. The lowest BCUT2D eigenvalue weighted by Gasteiger charge is -2.00. The SMILES string of the molecule is CCCC/C=C/Cc1ccc(C(=O)OC)cc1. The van der Waals surface area contributed by atoms with E-state index < -0.39 is 0 Å². The second-order valence-corrected chi connectivity index (χ2v) is 4.01. The summed E-state index contributed by atoms with van der Waals surface area (Å²) in [6.45, 7) is 2.19. The van der Waals surface area contributed by atoms with Crippen LogP contribution in [0.5, 0.6) is 0 Å². The Balaban J connectivity index is 2.45. The summed E-state index contributed by atoms with van der Waals surface area (Å²) >= 11 is 0. The van der Waals surface area contributed by atoms with Gasteiger partial charge in [-0.3, -0.25) is 0 Å². The first-order chi connectivity index (χ1) is 8.27. The van der Waals surface area contributed by atoms with Gasteiger partial charge in [0.1, 0.15) is 0 Å². The third-order valence-corrected chi connectivity index (χ3v) is 2.62. The number of hydrogen-bond donors (Lipinski definition) is 0. The molecule has 0 aliphatic carbocycles. The van der Waals surface area contributed by atoms with Gasteiger partial charge in [-0.05, 0) is 30.5 Å². The summed E-state index contributed by atoms with van der Waals surface area (Å²) in [5, 5.41) is 0. The third kappa shape index (κ3) is 4.85. The van der Waals surface area contributed by atoms with Gasteiger partial charge in [0.15, 0.2) is 0 Å². The maximum Gasteiger partial charge on any atom is 0.337 e. The summed E-state index contributed by atoms with van der Waals surface area (Å²) in [5.41, 5.74) is 1.82. The number of esters is 1. The molecule has 0 saturated heterocycles. The van der Waals surface area contributed by atoms with Gasteiger partial charge in [-0.2, -0.15) is 0 Å². The lowest BCUT2D eigenvalue weighted by atomic mass is 10.1. The van der Waals surface area contributed by atoms with Crippen LogP contribution in [0.2, 0.25) is 0 Å². The van der Waals surface area contributed by atoms with Crippen LogP contribution >= 0.6 is 0 Å². The fraction of sp³-hybridized carbons (Fsp3) is 0.400. The van der Waals surface area contributed by atoms with Crippen molar-refractivity contribution in [2.75, 3.05) is 7.11 Å². The summed E-state index contributed by atoms with van der Waals surface area (Å²) in [6.07, 6.45) is 8.96. The number of unbranched alkanes of at least 4 members (excludes halogenated alkanes) is 2. The van der Waals surface area contributed by atoms with Gasteiger partial charge in [0.25, 0.3) is 0 Å². The summed E-state index contributed by atoms with van der Waals surface area (Å²) in [7, 11) is 1.40. The van der Waals surface area contributed by atoms with E-state index in [1.807, 2.05) is 12.1 Å². The molecule has 17 heavy (non-hydrogen) atoms. The first-order valence-corrected chi connectivity index (χ1v) is 6.10. The molecule has 0 fully saturated rings. The molecule has 2 nitrogen and oxygen atoms in total. The van der Waals surface area contributed by atoms with E-state index in [0.717, 1.165) is 12.8 Å². The van der Waals surface area contributed by atoms with Crippen LogP contribution in [0.25, 0.3) is 0 Å². The molecule has 0 bridgehead atoms. The second-order valence-electron chi connectivity index (χ2n) is 4.01. The van der Waals surface area contributed by atoms with Crippen LogP contribution in [-0.2, 0) is 11.2 Å². The molecule has 0 heterocycles. The highest BCUT2D eigenvalue weighted by atomic mass is 16.5. The molecular formula is C15H20O2. The van der Waals surface area contributed by atoms with Crippen LogP contribution in [0, 0.1) is 0 Å². The van der Waals surface area contributed by atoms with Crippen LogP contribution in [0.15, 0.2) is 36.4 Å². The molecule has 0 aromatic heterocycles. The van der Waals surface area contributed by atoms with E-state index in [2.05, 4.69) is 23.8 Å². The Bertz CT molecular complexity index is 363. The zero-order valence-corrected chi connectivity index (χ0v) is 10.6. The molecule has 0 unspecified atom stereocenters. The van der Waals surface area contributed by atoms with Crippen molar-refractivity contribution in [3.05, 3.63) is 47.5 Å². The summed E-state index contributed by atoms with van der Waals surface area (Å²) in [4.78, 5) is 11.2. The number of rotatable bonds is 6. The fourth-order valence-corrected chi connectivity index (χ4v) is 1.55. The van der Waals surface area contributed by atoms with Crippen LogP contribution in [0.1, 0.15) is 42.1 Å². The summed E-state index contributed by atoms with van der Waals surface area (Å²) in [6, 6.07) is 7.55. The summed E-state index contributed by atoms with van der Waals surface area (Å²) in [5.74, 6) is -0.282. The van der Waals surface area contributed by atoms with Crippen molar-refractivity contribution in [3.63, 3.8) is 0 Å². The van der Waals surface area contributed by atoms with Crippen molar-refractivity contribution in [1.82, 2.24) is 0 Å². The van der Waals surface area contributed by atoms with Gasteiger partial charge >= 0.3 is 5.97 Å². The van der Waals surface area contributed by atoms with Gasteiger partial charge in [0.05, 0.1) is 12.7 Å². The number of allylic oxidation sites excluding steroid dienone is 2. The average Bonchev–Trinajstić information content (AvgIpc) is 2.38. The van der Waals surface area contributed by atoms with Crippen molar-refractivity contribution >= 4 is 5.97 Å². The molecule has 0 N–H and O–H groups in total. The molecule has 0 saturated carbocycles. The molecule has 1 rings (SSSR count). The quantitative estimate of drug-likeness (QED) is 0.424. The van der Waals surface area contributed by atoms with E-state index in [-0.39, 0.29) is 5.97 Å². The topological polar surface area (TPSA) is 26.3 Å². The Morgan fingerprint density at radius 3 is 2.53 bits per heavy atom. The number of carbonyl (C=O) groups excluding carboxylic acids is 1. The van der Waals surface area contributed by atoms with E-state index in [0.29, 0.717) is 5.56 Å². The van der Waals surface area contributed by atoms with Gasteiger partial charge in [-0.1, -0.05) is 44.1 Å². The van der Waals surface area contributed by atoms with Gasteiger partial charge in [0.2, 0.25) is 0 Å². The monoisotopic (exact) mass is 232 g/mol. The standard InChI is InChI=1S/C15H20O2/c1-3-4-5-6-7-8-13-9-11-14(12-10-13)15(16)17-2/h6-7,9-12H,3-5,8H2,1-2H3/b7-6+. The van der Waals surface area contributed by atoms with Crippen molar-refractivity contribution in [3.8, 4) is 0 Å². The van der Waals surface area contributed by atoms with Crippen LogP contribution in [0.4, 0.5) is 0 Å². The van der Waals surface area contributed by atoms with E-state index in [9.17, 15) is 4.79 Å². The van der Waals surface area contributed by atoms with Gasteiger partial charge in [-0.15, -0.1) is 0 Å². The third-order valence-electron chi connectivity index (χ3n) is 2.62. The van der Waals surface area contributed by atoms with Gasteiger partial charge in [0, 0.05) is 0 Å². The normalized spacial score (nSPS) is 10.7. The highest BCUT2D eigenvalue weighted by Gasteiger charge is 2.03. The first-order valence-electron chi connectivity index (χ1n) is 6.10. The van der Waals surface area contributed by atoms with Crippen molar-refractivity contribution < 1.29 is 9.53 Å². The highest BCUT2D eigenvalue weighted by Crippen LogP contribution is 2.07. The zero-order chi connectivity index (χ0) is 12.5. The average molecular weight is 232 g/mol. The molecule has 1 aromatic carbocycles. The number of ether oxygens (including phenoxy) is 1. The lowest BCUT2D eigenvalue weighted by molar-refractivity contribution is 0.0600. The van der Waals surface area contributed by atoms with E-state index in [1.54, 1.807) is 12.1 Å². The molecular weight excluding hydrogens is 212 g/mol. The maximum atomic E-state index is 11.2. The Morgan fingerprint density at radius 2 is 1.94 bits per heavy atom. The van der Waals surface area contributed by atoms with E-state index in [1.165, 1.54) is 25.5 Å². The number of benzene rings is 1. The molecule has 92 valence electrons. The molecule has 0 radical (unpaired) electrons. The van der Waals surface area contributed by atoms with Crippen LogP contribution in [-0.4, -0.2) is 13.1 Å². The molecule has 0 atom stereocenters. The Kier molecular flexibility index (Phi) is 6.08. The lowest BCUT2D eigenvalue weighted by Crippen LogP contribution is -2.00. The number of hydrogen-bond acceptors (Lipinski definition) is 2. The fourth-order valence-electron chi connectivity index (χ4n) is 1.55. The minimum Gasteiger partial charge on any atom is -0.465 e. The largest absolute Gasteiger partial charge is 0.465 e. The van der Waals surface area contributed by atoms with Crippen molar-refractivity contribution in [2.45, 2.75) is 32.6 Å². The highest BCUT2D eigenvalue weighted by molar-refractivity contribution is 5.89. The predicted octanol–water partition coefficient (Wildman–Crippen LogP) is 3.76. The minimum absolute atomic E-state index is 0.282. The van der Waals surface area contributed by atoms with Crippen molar-refractivity contribution in [1.29, 1.82) is 0 Å². The maximum absolute atomic E-state index is 11.2. The predicted molar refractivity (Wildman–Crippen MR) is 70.2 cm³/mol. The van der Waals surface area contributed by atoms with E-state index in [4.69, 9.17) is 0 Å². The van der Waals surface area contributed by atoms with E-state index >= 15 is 0 Å². The second kappa shape index (κ2) is 7.66. The number of carbonyl (C=O) groups is 1. The Hall–Kier alpha value is -1.57. The molecule has 1 aromatic rings. The van der Waals surface area contributed by atoms with Crippen LogP contribution < -0.4 is 0 Å². The Morgan fingerprint density at radius 1 is 1.24 bits per heavy atom. The van der Waals surface area contributed by atoms with Gasteiger partial charge < -0.3 is 4.74 Å². The smallest absolute Gasteiger partial charge is 0.337 e. The molecule has 0 aliphatic heterocycles. The number of methoxy groups -OCH3 is 1. The van der Waals surface area contributed by atoms with Crippen molar-refractivity contribution in [2.24, 2.45) is 0 Å². The summed E-state index contributed by atoms with van der Waals surface area (Å²) < 4.78 is 4.65. The van der Waals surface area contributed by atoms with Crippen LogP contribution in [0.3, 0.4) is 0 Å². The minimum atomic E-state index is -0.282. The Labute approximate surface area is 103 Å². The molecule has 0 amide bonds. The zero-order valence-electron chi connectivity index (χ0n) is 10.6. The molecule has 0 spiro atoms. The first kappa shape index (κ1) is 13.5. The molecule has 0 aliphatic rings.